The molecule has 8 nitrogen and oxygen atoms in total. The van der Waals surface area contributed by atoms with Gasteiger partial charge in [0.15, 0.2) is 0 Å². The highest BCUT2D eigenvalue weighted by Gasteiger charge is 2.28. The molecule has 0 aliphatic carbocycles. The average Bonchev–Trinajstić information content (AvgIpc) is 3.30. The molecule has 2 aromatic carbocycles. The largest absolute Gasteiger partial charge is 0.444 e. The molecule has 4 aromatic rings. The van der Waals surface area contributed by atoms with Crippen molar-refractivity contribution in [1.82, 2.24) is 24.3 Å². The Morgan fingerprint density at radius 1 is 0.895 bits per heavy atom. The summed E-state index contributed by atoms with van der Waals surface area (Å²) in [5.41, 5.74) is 2.92. The highest BCUT2D eigenvalue weighted by molar-refractivity contribution is 7.98. The van der Waals surface area contributed by atoms with Crippen LogP contribution in [0.5, 0.6) is 0 Å². The minimum absolute atomic E-state index is 0.0606. The first-order chi connectivity index (χ1) is 18.2. The molecular weight excluding hydrogens is 498 g/mol. The quantitative estimate of drug-likeness (QED) is 0.325. The summed E-state index contributed by atoms with van der Waals surface area (Å²) in [4.78, 5) is 39.6. The molecule has 2 amide bonds. The Morgan fingerprint density at radius 2 is 1.55 bits per heavy atom. The van der Waals surface area contributed by atoms with Crippen LogP contribution in [0.4, 0.5) is 4.79 Å². The SMILES string of the molecule is CSc1cn(-c2ncc(-c3ccccc3)cn2)c2cc(C(=O)N3CCN(C(=O)OC(C)(C)C)CC3)ccc12. The van der Waals surface area contributed by atoms with E-state index in [0.29, 0.717) is 37.7 Å². The molecule has 0 unspecified atom stereocenters. The zero-order valence-electron chi connectivity index (χ0n) is 22.0. The van der Waals surface area contributed by atoms with Gasteiger partial charge in [0, 0.05) is 66.2 Å². The van der Waals surface area contributed by atoms with Gasteiger partial charge in [-0.05, 0) is 44.7 Å². The highest BCUT2D eigenvalue weighted by atomic mass is 32.2. The van der Waals surface area contributed by atoms with E-state index in [1.54, 1.807) is 21.6 Å². The summed E-state index contributed by atoms with van der Waals surface area (Å²) < 4.78 is 7.41. The fourth-order valence-corrected chi connectivity index (χ4v) is 5.09. The number of ether oxygens (including phenoxy) is 1. The molecule has 0 atom stereocenters. The van der Waals surface area contributed by atoms with Crippen LogP contribution in [-0.4, -0.2) is 74.4 Å². The van der Waals surface area contributed by atoms with Crippen molar-refractivity contribution in [3.05, 3.63) is 72.7 Å². The van der Waals surface area contributed by atoms with E-state index in [4.69, 9.17) is 4.74 Å². The van der Waals surface area contributed by atoms with Crippen molar-refractivity contribution in [3.63, 3.8) is 0 Å². The first kappa shape index (κ1) is 25.8. The van der Waals surface area contributed by atoms with Crippen molar-refractivity contribution in [1.29, 1.82) is 0 Å². The number of rotatable bonds is 4. The Labute approximate surface area is 226 Å². The summed E-state index contributed by atoms with van der Waals surface area (Å²) in [5.74, 6) is 0.486. The second kappa shape index (κ2) is 10.5. The lowest BCUT2D eigenvalue weighted by molar-refractivity contribution is 0.0141. The Bertz CT molecular complexity index is 1450. The number of carbonyl (C=O) groups is 2. The topological polar surface area (TPSA) is 80.6 Å². The Kier molecular flexibility index (Phi) is 7.12. The Balaban J connectivity index is 1.37. The van der Waals surface area contributed by atoms with Crippen LogP contribution in [0.3, 0.4) is 0 Å². The predicted octanol–water partition coefficient (Wildman–Crippen LogP) is 5.50. The maximum atomic E-state index is 13.4. The van der Waals surface area contributed by atoms with Gasteiger partial charge in [-0.1, -0.05) is 36.4 Å². The van der Waals surface area contributed by atoms with E-state index >= 15 is 0 Å². The van der Waals surface area contributed by atoms with Crippen LogP contribution < -0.4 is 0 Å². The van der Waals surface area contributed by atoms with Crippen LogP contribution in [0.25, 0.3) is 28.0 Å². The van der Waals surface area contributed by atoms with Gasteiger partial charge in [-0.3, -0.25) is 9.36 Å². The number of carbonyl (C=O) groups excluding carboxylic acids is 2. The van der Waals surface area contributed by atoms with E-state index in [-0.39, 0.29) is 12.0 Å². The summed E-state index contributed by atoms with van der Waals surface area (Å²) in [5, 5.41) is 1.04. The van der Waals surface area contributed by atoms with Gasteiger partial charge in [0.25, 0.3) is 5.91 Å². The molecule has 1 aliphatic rings. The molecule has 0 bridgehead atoms. The minimum atomic E-state index is -0.546. The molecule has 0 radical (unpaired) electrons. The number of benzene rings is 2. The first-order valence-corrected chi connectivity index (χ1v) is 13.8. The Morgan fingerprint density at radius 3 is 2.18 bits per heavy atom. The molecule has 3 heterocycles. The number of thioether (sulfide) groups is 1. The van der Waals surface area contributed by atoms with E-state index in [1.807, 2.05) is 98.7 Å². The second-order valence-electron chi connectivity index (χ2n) is 10.2. The third-order valence-electron chi connectivity index (χ3n) is 6.42. The molecule has 38 heavy (non-hydrogen) atoms. The maximum Gasteiger partial charge on any atom is 0.410 e. The number of fused-ring (bicyclic) bond motifs is 1. The van der Waals surface area contributed by atoms with Gasteiger partial charge < -0.3 is 14.5 Å². The lowest BCUT2D eigenvalue weighted by Crippen LogP contribution is -2.51. The van der Waals surface area contributed by atoms with Crippen LogP contribution in [0.2, 0.25) is 0 Å². The van der Waals surface area contributed by atoms with Crippen LogP contribution in [0.15, 0.2) is 72.0 Å². The normalized spacial score (nSPS) is 14.1. The number of nitrogens with zero attached hydrogens (tertiary/aromatic N) is 5. The summed E-state index contributed by atoms with van der Waals surface area (Å²) in [6.45, 7) is 7.34. The number of hydrogen-bond donors (Lipinski definition) is 0. The van der Waals surface area contributed by atoms with Crippen molar-refractivity contribution in [2.45, 2.75) is 31.3 Å². The van der Waals surface area contributed by atoms with Gasteiger partial charge in [0.05, 0.1) is 5.52 Å². The molecule has 9 heteroatoms. The number of piperazine rings is 1. The first-order valence-electron chi connectivity index (χ1n) is 12.6. The molecule has 196 valence electrons. The van der Waals surface area contributed by atoms with Crippen LogP contribution in [0.1, 0.15) is 31.1 Å². The number of amides is 2. The van der Waals surface area contributed by atoms with Gasteiger partial charge in [-0.25, -0.2) is 14.8 Å². The summed E-state index contributed by atoms with van der Waals surface area (Å²) in [6, 6.07) is 15.8. The molecule has 0 N–H and O–H groups in total. The standard InChI is InChI=1S/C29H31N5O3S/c1-29(2,3)37-28(36)33-14-12-32(13-15-33)26(35)21-10-11-23-24(16-21)34(19-25(23)38-4)27-30-17-22(18-31-27)20-8-6-5-7-9-20/h5-11,16-19H,12-15H2,1-4H3. The fraction of sp³-hybridized carbons (Fsp3) is 0.310. The molecule has 1 saturated heterocycles. The van der Waals surface area contributed by atoms with Gasteiger partial charge >= 0.3 is 6.09 Å². The summed E-state index contributed by atoms with van der Waals surface area (Å²) in [6.07, 6.45) is 7.34. The van der Waals surface area contributed by atoms with Crippen LogP contribution >= 0.6 is 11.8 Å². The van der Waals surface area contributed by atoms with Gasteiger partial charge in [-0.15, -0.1) is 11.8 Å². The minimum Gasteiger partial charge on any atom is -0.444 e. The van der Waals surface area contributed by atoms with Crippen molar-refractivity contribution in [3.8, 4) is 17.1 Å². The van der Waals surface area contributed by atoms with Crippen LogP contribution in [0, 0.1) is 0 Å². The van der Waals surface area contributed by atoms with E-state index in [0.717, 1.165) is 26.9 Å². The van der Waals surface area contributed by atoms with Crippen molar-refractivity contribution in [2.75, 3.05) is 32.4 Å². The van der Waals surface area contributed by atoms with Gasteiger partial charge in [0.1, 0.15) is 5.60 Å². The smallest absolute Gasteiger partial charge is 0.410 e. The highest BCUT2D eigenvalue weighted by Crippen LogP contribution is 2.31. The third-order valence-corrected chi connectivity index (χ3v) is 7.18. The predicted molar refractivity (Wildman–Crippen MR) is 150 cm³/mol. The van der Waals surface area contributed by atoms with Crippen LogP contribution in [-0.2, 0) is 4.74 Å². The molecule has 1 aliphatic heterocycles. The van der Waals surface area contributed by atoms with Gasteiger partial charge in [0.2, 0.25) is 5.95 Å². The lowest BCUT2D eigenvalue weighted by atomic mass is 10.1. The molecular formula is C29H31N5O3S. The second-order valence-corrected chi connectivity index (χ2v) is 11.0. The van der Waals surface area contributed by atoms with E-state index in [9.17, 15) is 9.59 Å². The van der Waals surface area contributed by atoms with E-state index < -0.39 is 5.60 Å². The van der Waals surface area contributed by atoms with E-state index in [1.165, 1.54) is 0 Å². The zero-order valence-corrected chi connectivity index (χ0v) is 22.9. The average molecular weight is 530 g/mol. The van der Waals surface area contributed by atoms with E-state index in [2.05, 4.69) is 9.97 Å². The zero-order chi connectivity index (χ0) is 26.9. The summed E-state index contributed by atoms with van der Waals surface area (Å²) >= 11 is 1.64. The molecule has 2 aromatic heterocycles. The monoisotopic (exact) mass is 529 g/mol. The molecule has 0 saturated carbocycles. The number of hydrogen-bond acceptors (Lipinski definition) is 6. The van der Waals surface area contributed by atoms with Gasteiger partial charge in [-0.2, -0.15) is 0 Å². The van der Waals surface area contributed by atoms with Crippen molar-refractivity contribution >= 4 is 34.7 Å². The molecule has 1 fully saturated rings. The lowest BCUT2D eigenvalue weighted by Gasteiger charge is -2.35. The van der Waals surface area contributed by atoms with Crippen molar-refractivity contribution < 1.29 is 14.3 Å². The molecule has 0 spiro atoms. The fourth-order valence-electron chi connectivity index (χ4n) is 4.48. The Hall–Kier alpha value is -3.85. The van der Waals surface area contributed by atoms with Crippen molar-refractivity contribution in [2.24, 2.45) is 0 Å². The molecule has 5 rings (SSSR count). The third kappa shape index (κ3) is 5.38. The maximum absolute atomic E-state index is 13.4. The summed E-state index contributed by atoms with van der Waals surface area (Å²) in [7, 11) is 0. The number of aromatic nitrogens is 3.